The summed E-state index contributed by atoms with van der Waals surface area (Å²) in [6.45, 7) is 3.33. The Morgan fingerprint density at radius 3 is 2.39 bits per heavy atom. The number of carboxylic acids is 1. The lowest BCUT2D eigenvalue weighted by molar-refractivity contribution is -0.140. The van der Waals surface area contributed by atoms with E-state index in [2.05, 4.69) is 10.6 Å². The zero-order valence-corrected chi connectivity index (χ0v) is 10.9. The number of nitrogens with one attached hydrogen (secondary N) is 2. The Bertz CT molecular complexity index is 469. The lowest BCUT2D eigenvalue weighted by Gasteiger charge is -2.19. The van der Waals surface area contributed by atoms with Crippen LogP contribution in [0.1, 0.15) is 13.8 Å². The predicted octanol–water partition coefficient (Wildman–Crippen LogP) is -0.294. The molecule has 0 aromatic heterocycles. The van der Waals surface area contributed by atoms with Crippen LogP contribution in [-0.2, 0) is 14.6 Å². The van der Waals surface area contributed by atoms with E-state index in [1.54, 1.807) is 13.8 Å². The van der Waals surface area contributed by atoms with Gasteiger partial charge in [-0.2, -0.15) is 0 Å². The zero-order chi connectivity index (χ0) is 13.9. The molecular weight excluding hydrogens is 260 g/mol. The number of urea groups is 1. The molecule has 8 heteroatoms. The summed E-state index contributed by atoms with van der Waals surface area (Å²) >= 11 is 0. The molecule has 2 unspecified atom stereocenters. The second kappa shape index (κ2) is 5.38. The monoisotopic (exact) mass is 276 g/mol. The number of hydrogen-bond acceptors (Lipinski definition) is 4. The van der Waals surface area contributed by atoms with Gasteiger partial charge in [0.25, 0.3) is 0 Å². The number of carbonyl (C=O) groups excluding carboxylic acids is 1. The normalized spacial score (nSPS) is 22.7. The minimum absolute atomic E-state index is 0.195. The lowest BCUT2D eigenvalue weighted by Crippen LogP contribution is -2.51. The first-order chi connectivity index (χ1) is 8.21. The summed E-state index contributed by atoms with van der Waals surface area (Å²) in [5, 5.41) is 14.6. The van der Waals surface area contributed by atoms with E-state index in [4.69, 9.17) is 5.11 Å². The molecule has 1 aliphatic rings. The SMILES string of the molecule is CC(C)C(NC(=O)NC1C=CS(=O)(=O)C1)C(=O)O. The van der Waals surface area contributed by atoms with Crippen molar-refractivity contribution in [2.24, 2.45) is 5.92 Å². The maximum absolute atomic E-state index is 11.5. The van der Waals surface area contributed by atoms with Crippen molar-refractivity contribution in [3.8, 4) is 0 Å². The summed E-state index contributed by atoms with van der Waals surface area (Å²) in [6.07, 6.45) is 1.36. The molecule has 18 heavy (non-hydrogen) atoms. The molecule has 1 rings (SSSR count). The Morgan fingerprint density at radius 1 is 1.39 bits per heavy atom. The van der Waals surface area contributed by atoms with Gasteiger partial charge >= 0.3 is 12.0 Å². The van der Waals surface area contributed by atoms with Crippen LogP contribution in [0, 0.1) is 5.92 Å². The molecule has 0 aliphatic carbocycles. The van der Waals surface area contributed by atoms with Crippen LogP contribution in [0.25, 0.3) is 0 Å². The Labute approximate surface area is 105 Å². The highest BCUT2D eigenvalue weighted by Crippen LogP contribution is 2.08. The largest absolute Gasteiger partial charge is 0.480 e. The van der Waals surface area contributed by atoms with E-state index >= 15 is 0 Å². The van der Waals surface area contributed by atoms with E-state index in [1.807, 2.05) is 0 Å². The summed E-state index contributed by atoms with van der Waals surface area (Å²) in [7, 11) is -3.24. The van der Waals surface area contributed by atoms with Crippen LogP contribution in [-0.4, -0.2) is 43.4 Å². The van der Waals surface area contributed by atoms with Gasteiger partial charge in [-0.3, -0.25) is 0 Å². The smallest absolute Gasteiger partial charge is 0.326 e. The summed E-state index contributed by atoms with van der Waals surface area (Å²) in [4.78, 5) is 22.4. The van der Waals surface area contributed by atoms with E-state index < -0.39 is 33.9 Å². The molecule has 102 valence electrons. The van der Waals surface area contributed by atoms with Gasteiger partial charge in [0.1, 0.15) is 6.04 Å². The first kappa shape index (κ1) is 14.5. The van der Waals surface area contributed by atoms with Gasteiger partial charge in [-0.25, -0.2) is 18.0 Å². The summed E-state index contributed by atoms with van der Waals surface area (Å²) in [5.41, 5.74) is 0. The summed E-state index contributed by atoms with van der Waals surface area (Å²) < 4.78 is 22.2. The van der Waals surface area contributed by atoms with Crippen LogP contribution in [0.3, 0.4) is 0 Å². The van der Waals surface area contributed by atoms with Crippen molar-refractivity contribution < 1.29 is 23.1 Å². The average molecular weight is 276 g/mol. The lowest BCUT2D eigenvalue weighted by atomic mass is 10.1. The number of hydrogen-bond donors (Lipinski definition) is 3. The first-order valence-electron chi connectivity index (χ1n) is 5.42. The topological polar surface area (TPSA) is 113 Å². The van der Waals surface area contributed by atoms with Crippen molar-refractivity contribution in [3.63, 3.8) is 0 Å². The van der Waals surface area contributed by atoms with E-state index in [1.165, 1.54) is 6.08 Å². The van der Waals surface area contributed by atoms with E-state index in [0.29, 0.717) is 0 Å². The third-order valence-corrected chi connectivity index (χ3v) is 3.86. The Morgan fingerprint density at radius 2 is 2.00 bits per heavy atom. The Balaban J connectivity index is 2.52. The molecule has 3 N–H and O–H groups in total. The summed E-state index contributed by atoms with van der Waals surface area (Å²) in [6, 6.07) is -2.31. The standard InChI is InChI=1S/C10H16N2O5S/c1-6(2)8(9(13)14)12-10(15)11-7-3-4-18(16,17)5-7/h3-4,6-8H,5H2,1-2H3,(H,13,14)(H2,11,12,15). The fourth-order valence-corrected chi connectivity index (χ4v) is 2.77. The van der Waals surface area contributed by atoms with Crippen molar-refractivity contribution in [1.29, 1.82) is 0 Å². The van der Waals surface area contributed by atoms with E-state index in [0.717, 1.165) is 5.41 Å². The van der Waals surface area contributed by atoms with Gasteiger partial charge in [0.15, 0.2) is 9.84 Å². The molecule has 0 radical (unpaired) electrons. The second-order valence-electron chi connectivity index (χ2n) is 4.44. The fraction of sp³-hybridized carbons (Fsp3) is 0.600. The molecule has 0 fully saturated rings. The molecule has 0 aromatic carbocycles. The van der Waals surface area contributed by atoms with E-state index in [9.17, 15) is 18.0 Å². The van der Waals surface area contributed by atoms with Crippen molar-refractivity contribution in [1.82, 2.24) is 10.6 Å². The molecule has 1 heterocycles. The number of sulfone groups is 1. The van der Waals surface area contributed by atoms with Gasteiger partial charge in [0.2, 0.25) is 0 Å². The third-order valence-electron chi connectivity index (χ3n) is 2.47. The van der Waals surface area contributed by atoms with E-state index in [-0.39, 0.29) is 11.7 Å². The van der Waals surface area contributed by atoms with Crippen LogP contribution in [0.4, 0.5) is 4.79 Å². The highest BCUT2D eigenvalue weighted by molar-refractivity contribution is 7.94. The maximum Gasteiger partial charge on any atom is 0.326 e. The number of carboxylic acid groups (broad SMARTS) is 1. The van der Waals surface area contributed by atoms with Crippen LogP contribution in [0.5, 0.6) is 0 Å². The Hall–Kier alpha value is -1.57. The van der Waals surface area contributed by atoms with Crippen molar-refractivity contribution in [2.45, 2.75) is 25.9 Å². The van der Waals surface area contributed by atoms with Crippen molar-refractivity contribution in [2.75, 3.05) is 5.75 Å². The molecule has 2 amide bonds. The molecular formula is C10H16N2O5S. The minimum Gasteiger partial charge on any atom is -0.480 e. The molecule has 0 spiro atoms. The highest BCUT2D eigenvalue weighted by atomic mass is 32.2. The average Bonchev–Trinajstić information content (AvgIpc) is 2.53. The molecule has 7 nitrogen and oxygen atoms in total. The Kier molecular flexibility index (Phi) is 4.33. The van der Waals surface area contributed by atoms with Crippen molar-refractivity contribution >= 4 is 21.8 Å². The number of aliphatic carboxylic acids is 1. The molecule has 0 bridgehead atoms. The maximum atomic E-state index is 11.5. The quantitative estimate of drug-likeness (QED) is 0.653. The molecule has 0 aromatic rings. The zero-order valence-electron chi connectivity index (χ0n) is 10.1. The molecule has 0 saturated heterocycles. The molecule has 2 atom stereocenters. The van der Waals surface area contributed by atoms with Gasteiger partial charge in [0, 0.05) is 5.41 Å². The number of amides is 2. The minimum atomic E-state index is -3.24. The number of carbonyl (C=O) groups is 2. The van der Waals surface area contributed by atoms with Crippen LogP contribution < -0.4 is 10.6 Å². The van der Waals surface area contributed by atoms with Gasteiger partial charge in [-0.15, -0.1) is 0 Å². The first-order valence-corrected chi connectivity index (χ1v) is 7.13. The predicted molar refractivity (Wildman–Crippen MR) is 64.6 cm³/mol. The van der Waals surface area contributed by atoms with Crippen LogP contribution >= 0.6 is 0 Å². The molecule has 1 aliphatic heterocycles. The number of rotatable bonds is 4. The van der Waals surface area contributed by atoms with Gasteiger partial charge in [0.05, 0.1) is 11.8 Å². The van der Waals surface area contributed by atoms with Gasteiger partial charge in [-0.05, 0) is 12.0 Å². The van der Waals surface area contributed by atoms with Crippen molar-refractivity contribution in [3.05, 3.63) is 11.5 Å². The van der Waals surface area contributed by atoms with Gasteiger partial charge in [-0.1, -0.05) is 13.8 Å². The second-order valence-corrected chi connectivity index (χ2v) is 6.37. The third kappa shape index (κ3) is 4.02. The van der Waals surface area contributed by atoms with Crippen LogP contribution in [0.2, 0.25) is 0 Å². The van der Waals surface area contributed by atoms with Gasteiger partial charge < -0.3 is 15.7 Å². The summed E-state index contributed by atoms with van der Waals surface area (Å²) in [5.74, 6) is -1.59. The fourth-order valence-electron chi connectivity index (χ4n) is 1.53. The molecule has 0 saturated carbocycles. The highest BCUT2D eigenvalue weighted by Gasteiger charge is 2.26. The van der Waals surface area contributed by atoms with Crippen LogP contribution in [0.15, 0.2) is 11.5 Å².